The number of nitrogens with one attached hydrogen (secondary N) is 2. The standard InChI is InChI=1S/C21H30N2O3/c1-15-10-11-18(12-15)23-21(25)20(24)22-17-7-5-6-16(13-17)14-26-19-8-3-2-4-9-19/h5-7,13,15,18-19H,2-4,8-12,14H2,1H3,(H,22,24)(H,23,25). The molecule has 0 saturated heterocycles. The normalized spacial score (nSPS) is 23.6. The van der Waals surface area contributed by atoms with Gasteiger partial charge in [0.15, 0.2) is 0 Å². The summed E-state index contributed by atoms with van der Waals surface area (Å²) in [6, 6.07) is 7.67. The summed E-state index contributed by atoms with van der Waals surface area (Å²) in [5.41, 5.74) is 1.65. The molecular formula is C21H30N2O3. The number of hydrogen-bond acceptors (Lipinski definition) is 3. The minimum Gasteiger partial charge on any atom is -0.374 e. The summed E-state index contributed by atoms with van der Waals surface area (Å²) in [5.74, 6) is -0.535. The van der Waals surface area contributed by atoms with Gasteiger partial charge in [0.2, 0.25) is 0 Å². The molecular weight excluding hydrogens is 328 g/mol. The molecule has 0 aromatic heterocycles. The molecule has 0 heterocycles. The molecule has 2 unspecified atom stereocenters. The van der Waals surface area contributed by atoms with Crippen molar-refractivity contribution in [1.82, 2.24) is 5.32 Å². The van der Waals surface area contributed by atoms with Crippen LogP contribution in [-0.4, -0.2) is 24.0 Å². The van der Waals surface area contributed by atoms with E-state index >= 15 is 0 Å². The van der Waals surface area contributed by atoms with Crippen LogP contribution in [0.15, 0.2) is 24.3 Å². The van der Waals surface area contributed by atoms with Gasteiger partial charge < -0.3 is 15.4 Å². The highest BCUT2D eigenvalue weighted by Gasteiger charge is 2.25. The Hall–Kier alpha value is -1.88. The lowest BCUT2D eigenvalue weighted by molar-refractivity contribution is -0.136. The predicted octanol–water partition coefficient (Wildman–Crippen LogP) is 3.78. The molecule has 5 heteroatoms. The van der Waals surface area contributed by atoms with Crippen molar-refractivity contribution in [3.63, 3.8) is 0 Å². The third-order valence-corrected chi connectivity index (χ3v) is 5.46. The van der Waals surface area contributed by atoms with Crippen molar-refractivity contribution in [2.75, 3.05) is 5.32 Å². The molecule has 2 aliphatic carbocycles. The van der Waals surface area contributed by atoms with Crippen LogP contribution in [0.2, 0.25) is 0 Å². The Balaban J connectivity index is 1.47. The maximum absolute atomic E-state index is 12.1. The lowest BCUT2D eigenvalue weighted by atomic mass is 9.98. The minimum atomic E-state index is -0.602. The van der Waals surface area contributed by atoms with Gasteiger partial charge in [0.05, 0.1) is 12.7 Å². The fraction of sp³-hybridized carbons (Fsp3) is 0.619. The highest BCUT2D eigenvalue weighted by Crippen LogP contribution is 2.24. The van der Waals surface area contributed by atoms with Crippen LogP contribution in [-0.2, 0) is 20.9 Å². The van der Waals surface area contributed by atoms with E-state index in [0.717, 1.165) is 37.7 Å². The predicted molar refractivity (Wildman–Crippen MR) is 102 cm³/mol. The van der Waals surface area contributed by atoms with Gasteiger partial charge in [-0.15, -0.1) is 0 Å². The molecule has 0 spiro atoms. The number of carbonyl (C=O) groups is 2. The second-order valence-electron chi connectivity index (χ2n) is 7.81. The first kappa shape index (κ1) is 18.9. The zero-order chi connectivity index (χ0) is 18.4. The first-order valence-corrected chi connectivity index (χ1v) is 9.92. The number of rotatable bonds is 5. The Bertz CT molecular complexity index is 625. The minimum absolute atomic E-state index is 0.124. The van der Waals surface area contributed by atoms with Gasteiger partial charge in [-0.1, -0.05) is 38.3 Å². The lowest BCUT2D eigenvalue weighted by Crippen LogP contribution is -2.40. The van der Waals surface area contributed by atoms with Crippen LogP contribution in [0.3, 0.4) is 0 Å². The van der Waals surface area contributed by atoms with E-state index in [1.807, 2.05) is 18.2 Å². The van der Waals surface area contributed by atoms with E-state index in [-0.39, 0.29) is 6.04 Å². The average molecular weight is 358 g/mol. The van der Waals surface area contributed by atoms with Gasteiger partial charge in [-0.3, -0.25) is 9.59 Å². The zero-order valence-electron chi connectivity index (χ0n) is 15.6. The Labute approximate surface area is 155 Å². The largest absolute Gasteiger partial charge is 0.374 e. The first-order chi connectivity index (χ1) is 12.6. The molecule has 26 heavy (non-hydrogen) atoms. The van der Waals surface area contributed by atoms with Crippen molar-refractivity contribution in [2.45, 2.75) is 77.0 Å². The molecule has 5 nitrogen and oxygen atoms in total. The van der Waals surface area contributed by atoms with Crippen LogP contribution in [0, 0.1) is 5.92 Å². The SMILES string of the molecule is CC1CCC(NC(=O)C(=O)Nc2cccc(COC3CCCCC3)c2)C1. The van der Waals surface area contributed by atoms with Gasteiger partial charge in [0, 0.05) is 11.7 Å². The maximum atomic E-state index is 12.1. The molecule has 0 radical (unpaired) electrons. The molecule has 2 N–H and O–H groups in total. The first-order valence-electron chi connectivity index (χ1n) is 9.92. The smallest absolute Gasteiger partial charge is 0.313 e. The number of carbonyl (C=O) groups excluding carboxylic acids is 2. The molecule has 0 bridgehead atoms. The Morgan fingerprint density at radius 2 is 1.88 bits per heavy atom. The quantitative estimate of drug-likeness (QED) is 0.787. The molecule has 0 aliphatic heterocycles. The third kappa shape index (κ3) is 5.56. The van der Waals surface area contributed by atoms with Crippen LogP contribution in [0.25, 0.3) is 0 Å². The summed E-state index contributed by atoms with van der Waals surface area (Å²) >= 11 is 0. The molecule has 142 valence electrons. The average Bonchev–Trinajstić information content (AvgIpc) is 3.06. The monoisotopic (exact) mass is 358 g/mol. The Morgan fingerprint density at radius 3 is 2.62 bits per heavy atom. The van der Waals surface area contributed by atoms with E-state index in [1.54, 1.807) is 6.07 Å². The van der Waals surface area contributed by atoms with Gasteiger partial charge in [0.25, 0.3) is 0 Å². The molecule has 2 fully saturated rings. The number of amides is 2. The van der Waals surface area contributed by atoms with Gasteiger partial charge >= 0.3 is 11.8 Å². The summed E-state index contributed by atoms with van der Waals surface area (Å²) in [4.78, 5) is 24.2. The van der Waals surface area contributed by atoms with Crippen LogP contribution in [0.4, 0.5) is 5.69 Å². The van der Waals surface area contributed by atoms with Crippen molar-refractivity contribution < 1.29 is 14.3 Å². The zero-order valence-corrected chi connectivity index (χ0v) is 15.6. The molecule has 2 saturated carbocycles. The summed E-state index contributed by atoms with van der Waals surface area (Å²) < 4.78 is 5.98. The summed E-state index contributed by atoms with van der Waals surface area (Å²) in [6.07, 6.45) is 9.43. The Morgan fingerprint density at radius 1 is 1.08 bits per heavy atom. The second kappa shape index (κ2) is 9.17. The van der Waals surface area contributed by atoms with Crippen molar-refractivity contribution in [3.8, 4) is 0 Å². The maximum Gasteiger partial charge on any atom is 0.313 e. The third-order valence-electron chi connectivity index (χ3n) is 5.46. The van der Waals surface area contributed by atoms with E-state index in [2.05, 4.69) is 17.6 Å². The fourth-order valence-corrected chi connectivity index (χ4v) is 3.96. The van der Waals surface area contributed by atoms with E-state index in [0.29, 0.717) is 24.3 Å². The summed E-state index contributed by atoms with van der Waals surface area (Å²) in [5, 5.41) is 5.54. The molecule has 1 aromatic rings. The topological polar surface area (TPSA) is 67.4 Å². The molecule has 1 aromatic carbocycles. The van der Waals surface area contributed by atoms with Gasteiger partial charge in [-0.2, -0.15) is 0 Å². The van der Waals surface area contributed by atoms with Crippen molar-refractivity contribution in [3.05, 3.63) is 29.8 Å². The summed E-state index contributed by atoms with van der Waals surface area (Å²) in [7, 11) is 0. The van der Waals surface area contributed by atoms with Gasteiger partial charge in [0.1, 0.15) is 0 Å². The van der Waals surface area contributed by atoms with Gasteiger partial charge in [-0.25, -0.2) is 0 Å². The van der Waals surface area contributed by atoms with E-state index < -0.39 is 11.8 Å². The van der Waals surface area contributed by atoms with Gasteiger partial charge in [-0.05, 0) is 55.7 Å². The molecule has 2 aliphatic rings. The number of benzene rings is 1. The van der Waals surface area contributed by atoms with Crippen LogP contribution in [0.5, 0.6) is 0 Å². The van der Waals surface area contributed by atoms with Crippen molar-refractivity contribution in [1.29, 1.82) is 0 Å². The van der Waals surface area contributed by atoms with E-state index in [4.69, 9.17) is 4.74 Å². The van der Waals surface area contributed by atoms with Crippen LogP contribution < -0.4 is 10.6 Å². The lowest BCUT2D eigenvalue weighted by Gasteiger charge is -2.22. The highest BCUT2D eigenvalue weighted by atomic mass is 16.5. The van der Waals surface area contributed by atoms with Crippen LogP contribution in [0.1, 0.15) is 63.9 Å². The summed E-state index contributed by atoms with van der Waals surface area (Å²) in [6.45, 7) is 2.72. The Kier molecular flexibility index (Phi) is 6.67. The van der Waals surface area contributed by atoms with E-state index in [9.17, 15) is 9.59 Å². The number of anilines is 1. The molecule has 2 atom stereocenters. The van der Waals surface area contributed by atoms with Crippen LogP contribution >= 0.6 is 0 Å². The second-order valence-corrected chi connectivity index (χ2v) is 7.81. The molecule has 2 amide bonds. The molecule has 3 rings (SSSR count). The number of ether oxygens (including phenoxy) is 1. The highest BCUT2D eigenvalue weighted by molar-refractivity contribution is 6.39. The van der Waals surface area contributed by atoms with E-state index in [1.165, 1.54) is 19.3 Å². The van der Waals surface area contributed by atoms with Crippen molar-refractivity contribution >= 4 is 17.5 Å². The van der Waals surface area contributed by atoms with Crippen molar-refractivity contribution in [2.24, 2.45) is 5.92 Å². The number of hydrogen-bond donors (Lipinski definition) is 2. The fourth-order valence-electron chi connectivity index (χ4n) is 3.96.